The first kappa shape index (κ1) is 41.8. The van der Waals surface area contributed by atoms with Crippen LogP contribution in [0.5, 0.6) is 0 Å². The Balaban J connectivity index is 1.68. The maximum Gasteiger partial charge on any atom is 0.297 e. The van der Waals surface area contributed by atoms with Gasteiger partial charge in [0, 0.05) is 6.61 Å². The summed E-state index contributed by atoms with van der Waals surface area (Å²) in [7, 11) is -3.77. The molecule has 0 spiro atoms. The maximum atomic E-state index is 12.1. The molecule has 0 radical (unpaired) electrons. The number of ether oxygens (including phenoxy) is 8. The van der Waals surface area contributed by atoms with Crippen molar-refractivity contribution in [2.24, 2.45) is 0 Å². The smallest absolute Gasteiger partial charge is 0.297 e. The average molecular weight is 665 g/mol. The summed E-state index contributed by atoms with van der Waals surface area (Å²) in [6.07, 6.45) is 10.5. The highest BCUT2D eigenvalue weighted by Gasteiger charge is 2.14. The van der Waals surface area contributed by atoms with Crippen molar-refractivity contribution in [1.82, 2.24) is 0 Å². The van der Waals surface area contributed by atoms with Crippen molar-refractivity contribution in [2.45, 2.75) is 70.1 Å². The molecule has 45 heavy (non-hydrogen) atoms. The molecule has 1 aromatic carbocycles. The van der Waals surface area contributed by atoms with Crippen LogP contribution in [0.2, 0.25) is 0 Å². The maximum absolute atomic E-state index is 12.1. The van der Waals surface area contributed by atoms with Crippen molar-refractivity contribution in [3.05, 3.63) is 29.8 Å². The fourth-order valence-corrected chi connectivity index (χ4v) is 4.85. The summed E-state index contributed by atoms with van der Waals surface area (Å²) in [5, 5.41) is 0. The normalized spacial score (nSPS) is 11.9. The summed E-state index contributed by atoms with van der Waals surface area (Å²) in [4.78, 5) is 0.134. The molecule has 12 heteroatoms. The van der Waals surface area contributed by atoms with E-state index in [1.807, 2.05) is 6.92 Å². The molecule has 0 saturated carbocycles. The van der Waals surface area contributed by atoms with Gasteiger partial charge in [-0.15, -0.1) is 0 Å². The lowest BCUT2D eigenvalue weighted by molar-refractivity contribution is -0.0236. The number of unbranched alkanes of at least 4 members (excludes halogenated alkanes) is 7. The summed E-state index contributed by atoms with van der Waals surface area (Å²) in [6, 6.07) is 6.50. The van der Waals surface area contributed by atoms with E-state index in [1.165, 1.54) is 57.1 Å². The monoisotopic (exact) mass is 664 g/mol. The fraction of sp³-hybridized carbons (Fsp3) is 0.818. The molecule has 0 bridgehead atoms. The third-order valence-electron chi connectivity index (χ3n) is 6.52. The van der Waals surface area contributed by atoms with Gasteiger partial charge in [-0.25, -0.2) is 0 Å². The van der Waals surface area contributed by atoms with Crippen molar-refractivity contribution >= 4 is 10.1 Å². The summed E-state index contributed by atoms with van der Waals surface area (Å²) < 4.78 is 72.9. The highest BCUT2D eigenvalue weighted by atomic mass is 32.2. The van der Waals surface area contributed by atoms with Crippen LogP contribution < -0.4 is 0 Å². The van der Waals surface area contributed by atoms with E-state index in [1.54, 1.807) is 12.1 Å². The van der Waals surface area contributed by atoms with Crippen molar-refractivity contribution in [3.8, 4) is 0 Å². The second-order valence-electron chi connectivity index (χ2n) is 10.5. The Morgan fingerprint density at radius 3 is 1.11 bits per heavy atom. The zero-order valence-corrected chi connectivity index (χ0v) is 28.7. The van der Waals surface area contributed by atoms with Crippen molar-refractivity contribution in [3.63, 3.8) is 0 Å². The first-order valence-electron chi connectivity index (χ1n) is 16.6. The van der Waals surface area contributed by atoms with Gasteiger partial charge < -0.3 is 37.9 Å². The van der Waals surface area contributed by atoms with Gasteiger partial charge in [-0.2, -0.15) is 8.42 Å². The molecule has 0 aliphatic rings. The van der Waals surface area contributed by atoms with E-state index in [-0.39, 0.29) is 18.1 Å². The minimum atomic E-state index is -3.77. The van der Waals surface area contributed by atoms with Gasteiger partial charge in [0.25, 0.3) is 10.1 Å². The molecular weight excluding hydrogens is 604 g/mol. The van der Waals surface area contributed by atoms with E-state index in [0.717, 1.165) is 18.6 Å². The molecule has 0 N–H and O–H groups in total. The zero-order chi connectivity index (χ0) is 32.5. The third kappa shape index (κ3) is 27.6. The van der Waals surface area contributed by atoms with Crippen LogP contribution in [0.15, 0.2) is 29.2 Å². The van der Waals surface area contributed by atoms with Gasteiger partial charge in [-0.1, -0.05) is 69.6 Å². The standard InChI is InChI=1S/C33H60O11S/c1-3-4-5-6-7-8-9-10-15-36-16-17-37-18-19-38-20-21-39-22-23-40-24-25-41-26-27-42-28-29-43-30-31-44-45(34,35)33-13-11-32(2)12-14-33/h11-14H,3-10,15-31H2,1-2H3. The second-order valence-corrected chi connectivity index (χ2v) is 12.1. The van der Waals surface area contributed by atoms with E-state index in [4.69, 9.17) is 42.1 Å². The van der Waals surface area contributed by atoms with Gasteiger partial charge >= 0.3 is 0 Å². The van der Waals surface area contributed by atoms with Gasteiger partial charge in [0.2, 0.25) is 0 Å². The molecule has 0 aliphatic carbocycles. The summed E-state index contributed by atoms with van der Waals surface area (Å²) >= 11 is 0. The quantitative estimate of drug-likeness (QED) is 0.0723. The van der Waals surface area contributed by atoms with Gasteiger partial charge in [0.1, 0.15) is 0 Å². The molecule has 264 valence electrons. The first-order valence-corrected chi connectivity index (χ1v) is 18.0. The highest BCUT2D eigenvalue weighted by molar-refractivity contribution is 7.86. The van der Waals surface area contributed by atoms with Gasteiger partial charge in [0.15, 0.2) is 0 Å². The Hall–Kier alpha value is -1.19. The van der Waals surface area contributed by atoms with Gasteiger partial charge in [-0.3, -0.25) is 4.18 Å². The van der Waals surface area contributed by atoms with E-state index >= 15 is 0 Å². The lowest BCUT2D eigenvalue weighted by Gasteiger charge is -2.09. The lowest BCUT2D eigenvalue weighted by atomic mass is 10.1. The minimum absolute atomic E-state index is 0.0520. The van der Waals surface area contributed by atoms with Crippen LogP contribution in [0.1, 0.15) is 63.9 Å². The SMILES string of the molecule is CCCCCCCCCCOCCOCCOCCOCCOCCOCCOCCOCCOS(=O)(=O)c1ccc(C)cc1. The Morgan fingerprint density at radius 1 is 0.422 bits per heavy atom. The minimum Gasteiger partial charge on any atom is -0.379 e. The third-order valence-corrected chi connectivity index (χ3v) is 7.85. The van der Waals surface area contributed by atoms with Crippen LogP contribution >= 0.6 is 0 Å². The molecule has 0 aromatic heterocycles. The molecule has 1 rings (SSSR count). The molecule has 11 nitrogen and oxygen atoms in total. The Kier molecular flexibility index (Phi) is 29.2. The van der Waals surface area contributed by atoms with Crippen molar-refractivity contribution in [2.75, 3.05) is 112 Å². The lowest BCUT2D eigenvalue weighted by Crippen LogP contribution is -2.15. The molecule has 0 unspecified atom stereocenters. The number of benzene rings is 1. The van der Waals surface area contributed by atoms with Crippen LogP contribution in [0.25, 0.3) is 0 Å². The summed E-state index contributed by atoms with van der Waals surface area (Å²) in [6.45, 7) is 12.0. The first-order chi connectivity index (χ1) is 22.1. The van der Waals surface area contributed by atoms with Crippen LogP contribution in [-0.4, -0.2) is 121 Å². The molecule has 0 aliphatic heterocycles. The fourth-order valence-electron chi connectivity index (χ4n) is 3.96. The van der Waals surface area contributed by atoms with Gasteiger partial charge in [0.05, 0.1) is 111 Å². The van der Waals surface area contributed by atoms with Crippen LogP contribution in [-0.2, 0) is 52.2 Å². The van der Waals surface area contributed by atoms with Crippen molar-refractivity contribution < 1.29 is 50.5 Å². The van der Waals surface area contributed by atoms with E-state index in [0.29, 0.717) is 92.5 Å². The predicted molar refractivity (Wildman–Crippen MR) is 173 cm³/mol. The molecule has 0 heterocycles. The van der Waals surface area contributed by atoms with Crippen LogP contribution in [0.3, 0.4) is 0 Å². The summed E-state index contributed by atoms with van der Waals surface area (Å²) in [5.41, 5.74) is 0.980. The average Bonchev–Trinajstić information content (AvgIpc) is 3.03. The topological polar surface area (TPSA) is 117 Å². The molecule has 0 amide bonds. The molecular formula is C33H60O11S. The second kappa shape index (κ2) is 31.4. The zero-order valence-electron chi connectivity index (χ0n) is 27.9. The van der Waals surface area contributed by atoms with E-state index in [9.17, 15) is 8.42 Å². The van der Waals surface area contributed by atoms with Gasteiger partial charge in [-0.05, 0) is 25.5 Å². The van der Waals surface area contributed by atoms with E-state index < -0.39 is 10.1 Å². The summed E-state index contributed by atoms with van der Waals surface area (Å²) in [5.74, 6) is 0. The highest BCUT2D eigenvalue weighted by Crippen LogP contribution is 2.13. The number of hydrogen-bond acceptors (Lipinski definition) is 11. The largest absolute Gasteiger partial charge is 0.379 e. The van der Waals surface area contributed by atoms with Crippen LogP contribution in [0, 0.1) is 6.92 Å². The number of aryl methyl sites for hydroxylation is 1. The predicted octanol–water partition coefficient (Wildman–Crippen LogP) is 4.97. The molecule has 0 fully saturated rings. The Bertz CT molecular complexity index is 853. The Morgan fingerprint density at radius 2 is 0.733 bits per heavy atom. The van der Waals surface area contributed by atoms with Crippen molar-refractivity contribution in [1.29, 1.82) is 0 Å². The van der Waals surface area contributed by atoms with Crippen LogP contribution in [0.4, 0.5) is 0 Å². The molecule has 0 saturated heterocycles. The Labute approximate surface area is 272 Å². The van der Waals surface area contributed by atoms with E-state index in [2.05, 4.69) is 6.92 Å². The number of hydrogen-bond donors (Lipinski definition) is 0. The molecule has 1 aromatic rings. The number of rotatable bonds is 35. The molecule has 0 atom stereocenters.